The van der Waals surface area contributed by atoms with Gasteiger partial charge in [-0.15, -0.1) is 0 Å². The third kappa shape index (κ3) is 3.71. The van der Waals surface area contributed by atoms with Crippen LogP contribution >= 0.6 is 15.9 Å². The van der Waals surface area contributed by atoms with Crippen LogP contribution in [0.3, 0.4) is 0 Å². The first kappa shape index (κ1) is 13.4. The van der Waals surface area contributed by atoms with Crippen molar-refractivity contribution in [1.29, 1.82) is 0 Å². The minimum absolute atomic E-state index is 0.153. The maximum Gasteiger partial charge on any atom is 0.130 e. The summed E-state index contributed by atoms with van der Waals surface area (Å²) in [7, 11) is 0. The highest BCUT2D eigenvalue weighted by atomic mass is 79.9. The van der Waals surface area contributed by atoms with Crippen molar-refractivity contribution in [2.75, 3.05) is 0 Å². The Morgan fingerprint density at radius 3 is 2.31 bits per heavy atom. The number of allylic oxidation sites excluding steroid dienone is 1. The van der Waals surface area contributed by atoms with E-state index in [1.54, 1.807) is 0 Å². The van der Waals surface area contributed by atoms with Gasteiger partial charge in [-0.3, -0.25) is 0 Å². The lowest BCUT2D eigenvalue weighted by Crippen LogP contribution is -1.97. The van der Waals surface area contributed by atoms with Crippen molar-refractivity contribution in [2.45, 2.75) is 32.6 Å². The smallest absolute Gasteiger partial charge is 0.130 e. The van der Waals surface area contributed by atoms with Crippen LogP contribution < -0.4 is 0 Å². The van der Waals surface area contributed by atoms with Gasteiger partial charge in [0.25, 0.3) is 0 Å². The molecule has 88 valence electrons. The second-order valence-electron chi connectivity index (χ2n) is 3.85. The first-order chi connectivity index (χ1) is 7.54. The second-order valence-corrected chi connectivity index (χ2v) is 4.76. The highest BCUT2D eigenvalue weighted by molar-refractivity contribution is 9.10. The van der Waals surface area contributed by atoms with E-state index < -0.39 is 11.6 Å². The summed E-state index contributed by atoms with van der Waals surface area (Å²) in [5.41, 5.74) is 1.20. The van der Waals surface area contributed by atoms with Gasteiger partial charge >= 0.3 is 0 Å². The molecule has 0 aliphatic rings. The molecule has 0 saturated heterocycles. The minimum Gasteiger partial charge on any atom is -0.207 e. The van der Waals surface area contributed by atoms with Crippen molar-refractivity contribution in [2.24, 2.45) is 0 Å². The van der Waals surface area contributed by atoms with Crippen LogP contribution in [0.25, 0.3) is 0 Å². The van der Waals surface area contributed by atoms with E-state index in [1.807, 2.05) is 0 Å². The van der Waals surface area contributed by atoms with Crippen molar-refractivity contribution < 1.29 is 8.78 Å². The average Bonchev–Trinajstić information content (AvgIpc) is 2.16. The largest absolute Gasteiger partial charge is 0.207 e. The van der Waals surface area contributed by atoms with Gasteiger partial charge in [0.15, 0.2) is 0 Å². The number of rotatable bonds is 5. The van der Waals surface area contributed by atoms with E-state index >= 15 is 0 Å². The topological polar surface area (TPSA) is 0 Å². The molecule has 0 N–H and O–H groups in total. The Hall–Kier alpha value is -0.700. The lowest BCUT2D eigenvalue weighted by molar-refractivity contribution is 0.552. The van der Waals surface area contributed by atoms with E-state index in [0.717, 1.165) is 18.4 Å². The van der Waals surface area contributed by atoms with E-state index in [-0.39, 0.29) is 5.56 Å². The predicted octanol–water partition coefficient (Wildman–Crippen LogP) is 5.02. The highest BCUT2D eigenvalue weighted by Gasteiger charge is 2.10. The highest BCUT2D eigenvalue weighted by Crippen LogP contribution is 2.22. The number of halogens is 3. The summed E-state index contributed by atoms with van der Waals surface area (Å²) >= 11 is 3.05. The molecule has 0 aliphatic heterocycles. The molecule has 0 aliphatic carbocycles. The number of hydrogen-bond acceptors (Lipinski definition) is 0. The monoisotopic (exact) mass is 288 g/mol. The summed E-state index contributed by atoms with van der Waals surface area (Å²) < 4.78 is 27.3. The van der Waals surface area contributed by atoms with Crippen molar-refractivity contribution >= 4 is 15.9 Å². The molecule has 0 fully saturated rings. The molecule has 0 bridgehead atoms. The molecule has 0 saturated carbocycles. The predicted molar refractivity (Wildman–Crippen MR) is 66.4 cm³/mol. The van der Waals surface area contributed by atoms with Crippen LogP contribution in [0.5, 0.6) is 0 Å². The first-order valence-electron chi connectivity index (χ1n) is 5.34. The summed E-state index contributed by atoms with van der Waals surface area (Å²) in [5.74, 6) is -0.979. The van der Waals surface area contributed by atoms with Gasteiger partial charge in [-0.05, 0) is 31.4 Å². The van der Waals surface area contributed by atoms with E-state index in [0.29, 0.717) is 17.3 Å². The molecular formula is C13H15BrF2. The summed E-state index contributed by atoms with van der Waals surface area (Å²) in [4.78, 5) is 0. The SMILES string of the molecule is C=C(CCC)CCc1c(F)cc(Br)cc1F. The quantitative estimate of drug-likeness (QED) is 0.668. The summed E-state index contributed by atoms with van der Waals surface area (Å²) in [6.45, 7) is 5.94. The summed E-state index contributed by atoms with van der Waals surface area (Å²) in [6.07, 6.45) is 2.96. The van der Waals surface area contributed by atoms with Crippen molar-refractivity contribution in [1.82, 2.24) is 0 Å². The molecule has 1 aromatic rings. The molecule has 1 rings (SSSR count). The van der Waals surface area contributed by atoms with Gasteiger partial charge in [-0.1, -0.05) is 41.4 Å². The van der Waals surface area contributed by atoms with Crippen molar-refractivity contribution in [3.05, 3.63) is 46.0 Å². The van der Waals surface area contributed by atoms with Crippen LogP contribution in [0.2, 0.25) is 0 Å². The summed E-state index contributed by atoms with van der Waals surface area (Å²) in [5, 5.41) is 0. The maximum absolute atomic E-state index is 13.4. The molecule has 0 heterocycles. The Kier molecular flexibility index (Phi) is 5.13. The lowest BCUT2D eigenvalue weighted by atomic mass is 10.0. The van der Waals surface area contributed by atoms with E-state index in [9.17, 15) is 8.78 Å². The van der Waals surface area contributed by atoms with Gasteiger partial charge in [-0.2, -0.15) is 0 Å². The molecule has 0 amide bonds. The number of hydrogen-bond donors (Lipinski definition) is 0. The molecule has 0 aromatic heterocycles. The van der Waals surface area contributed by atoms with Crippen LogP contribution in [-0.2, 0) is 6.42 Å². The fourth-order valence-electron chi connectivity index (χ4n) is 1.59. The van der Waals surface area contributed by atoms with Crippen molar-refractivity contribution in [3.63, 3.8) is 0 Å². The van der Waals surface area contributed by atoms with Gasteiger partial charge in [-0.25, -0.2) is 8.78 Å². The van der Waals surface area contributed by atoms with E-state index in [4.69, 9.17) is 0 Å². The van der Waals surface area contributed by atoms with Gasteiger partial charge in [0, 0.05) is 10.0 Å². The molecule has 0 unspecified atom stereocenters. The Morgan fingerprint density at radius 1 is 1.25 bits per heavy atom. The number of benzene rings is 1. The van der Waals surface area contributed by atoms with Gasteiger partial charge in [0.2, 0.25) is 0 Å². The van der Waals surface area contributed by atoms with Crippen LogP contribution in [0.1, 0.15) is 31.7 Å². The zero-order valence-corrected chi connectivity index (χ0v) is 10.9. The molecule has 3 heteroatoms. The normalized spacial score (nSPS) is 10.5. The molecule has 0 atom stereocenters. The average molecular weight is 289 g/mol. The van der Waals surface area contributed by atoms with Gasteiger partial charge in [0.05, 0.1) is 0 Å². The van der Waals surface area contributed by atoms with Gasteiger partial charge in [0.1, 0.15) is 11.6 Å². The molecule has 16 heavy (non-hydrogen) atoms. The Labute approximate surface area is 103 Å². The molecule has 0 spiro atoms. The first-order valence-corrected chi connectivity index (χ1v) is 6.14. The zero-order valence-electron chi connectivity index (χ0n) is 9.32. The third-order valence-electron chi connectivity index (χ3n) is 2.44. The zero-order chi connectivity index (χ0) is 12.1. The second kappa shape index (κ2) is 6.14. The fraction of sp³-hybridized carbons (Fsp3) is 0.385. The lowest BCUT2D eigenvalue weighted by Gasteiger charge is -2.07. The molecule has 1 aromatic carbocycles. The maximum atomic E-state index is 13.4. The van der Waals surface area contributed by atoms with Crippen LogP contribution in [0.4, 0.5) is 8.78 Å². The Balaban J connectivity index is 2.70. The molecule has 0 nitrogen and oxygen atoms in total. The van der Waals surface area contributed by atoms with E-state index in [2.05, 4.69) is 29.4 Å². The molecular weight excluding hydrogens is 274 g/mol. The minimum atomic E-state index is -0.490. The van der Waals surface area contributed by atoms with E-state index in [1.165, 1.54) is 12.1 Å². The molecule has 0 radical (unpaired) electrons. The van der Waals surface area contributed by atoms with Gasteiger partial charge < -0.3 is 0 Å². The van der Waals surface area contributed by atoms with Crippen LogP contribution in [-0.4, -0.2) is 0 Å². The van der Waals surface area contributed by atoms with Crippen LogP contribution in [0, 0.1) is 11.6 Å². The Bertz CT molecular complexity index is 363. The van der Waals surface area contributed by atoms with Crippen LogP contribution in [0.15, 0.2) is 28.8 Å². The Morgan fingerprint density at radius 2 is 1.81 bits per heavy atom. The fourth-order valence-corrected chi connectivity index (χ4v) is 1.99. The van der Waals surface area contributed by atoms with Crippen molar-refractivity contribution in [3.8, 4) is 0 Å². The standard InChI is InChI=1S/C13H15BrF2/c1-3-4-9(2)5-6-11-12(15)7-10(14)8-13(11)16/h7-8H,2-6H2,1H3. The summed E-state index contributed by atoms with van der Waals surface area (Å²) in [6, 6.07) is 2.59. The third-order valence-corrected chi connectivity index (χ3v) is 2.90.